The second-order valence-corrected chi connectivity index (χ2v) is 3.74. The Bertz CT molecular complexity index is 628. The first-order chi connectivity index (χ1) is 8.91. The third-order valence-electron chi connectivity index (χ3n) is 2.16. The maximum Gasteiger partial charge on any atom is 2.00 e. The van der Waals surface area contributed by atoms with E-state index in [2.05, 4.69) is 11.6 Å². The third-order valence-corrected chi connectivity index (χ3v) is 2.16. The van der Waals surface area contributed by atoms with E-state index in [4.69, 9.17) is 0 Å². The van der Waals surface area contributed by atoms with E-state index in [-0.39, 0.29) is 28.3 Å². The second-order valence-electron chi connectivity index (χ2n) is 3.74. The molecule has 0 atom stereocenters. The Hall–Kier alpha value is -2.17. The molecule has 5 nitrogen and oxygen atoms in total. The molecule has 1 radical (unpaired) electrons. The molecule has 0 aliphatic heterocycles. The number of benzene rings is 1. The van der Waals surface area contributed by atoms with E-state index < -0.39 is 11.9 Å². The number of carboxylic acid groups (broad SMARTS) is 2. The monoisotopic (exact) mass is 320 g/mol. The van der Waals surface area contributed by atoms with Crippen molar-refractivity contribution in [2.45, 2.75) is 6.92 Å². The number of carbonyl (C=O) groups excluding carboxylic acids is 2. The van der Waals surface area contributed by atoms with E-state index in [0.717, 1.165) is 5.39 Å². The fourth-order valence-electron chi connectivity index (χ4n) is 1.18. The van der Waals surface area contributed by atoms with Gasteiger partial charge in [-0.15, -0.1) is 0 Å². The number of aliphatic carboxylic acids is 1. The van der Waals surface area contributed by atoms with Crippen LogP contribution in [0.1, 0.15) is 17.4 Å². The molecule has 0 aliphatic carbocycles. The smallest absolute Gasteiger partial charge is 0.545 e. The second kappa shape index (κ2) is 8.09. The average molecular weight is 321 g/mol. The third kappa shape index (κ3) is 5.22. The molecule has 6 heteroatoms. The molecule has 0 saturated carbocycles. The van der Waals surface area contributed by atoms with Crippen LogP contribution in [0.4, 0.5) is 0 Å². The topological polar surface area (TPSA) is 93.1 Å². The first-order valence-corrected chi connectivity index (χ1v) is 5.36. The summed E-state index contributed by atoms with van der Waals surface area (Å²) in [5, 5.41) is 20.9. The molecule has 0 spiro atoms. The molecule has 0 bridgehead atoms. The molecule has 0 fully saturated rings. The van der Waals surface area contributed by atoms with Crippen molar-refractivity contribution < 1.29 is 36.9 Å². The maximum atomic E-state index is 10.5. The minimum Gasteiger partial charge on any atom is -0.545 e. The van der Waals surface area contributed by atoms with Crippen molar-refractivity contribution in [3.63, 3.8) is 0 Å². The molecule has 0 amide bonds. The first-order valence-electron chi connectivity index (χ1n) is 5.36. The van der Waals surface area contributed by atoms with Crippen molar-refractivity contribution in [1.29, 1.82) is 0 Å². The van der Waals surface area contributed by atoms with Gasteiger partial charge in [-0.25, -0.2) is 4.98 Å². The van der Waals surface area contributed by atoms with Crippen LogP contribution in [0.15, 0.2) is 48.6 Å². The Morgan fingerprint density at radius 1 is 1.10 bits per heavy atom. The summed E-state index contributed by atoms with van der Waals surface area (Å²) in [5.41, 5.74) is 0.706. The summed E-state index contributed by atoms with van der Waals surface area (Å²) in [5.74, 6) is -2.43. The van der Waals surface area contributed by atoms with Gasteiger partial charge in [0, 0.05) is 5.39 Å². The number of aromatic nitrogens is 1. The quantitative estimate of drug-likeness (QED) is 0.569. The van der Waals surface area contributed by atoms with E-state index in [1.807, 2.05) is 18.2 Å². The van der Waals surface area contributed by atoms with Gasteiger partial charge in [0.15, 0.2) is 0 Å². The molecule has 0 N–H and O–H groups in total. The Balaban J connectivity index is 0.000000448. The van der Waals surface area contributed by atoms with Gasteiger partial charge >= 0.3 is 17.1 Å². The van der Waals surface area contributed by atoms with Crippen LogP contribution in [0.5, 0.6) is 0 Å². The average Bonchev–Trinajstić information content (AvgIpc) is 2.38. The Kier molecular flexibility index (Phi) is 7.21. The number of pyridine rings is 1. The minimum atomic E-state index is -1.24. The summed E-state index contributed by atoms with van der Waals surface area (Å²) >= 11 is 0. The zero-order valence-corrected chi connectivity index (χ0v) is 11.5. The maximum absolute atomic E-state index is 10.5. The van der Waals surface area contributed by atoms with E-state index in [1.165, 1.54) is 13.0 Å². The number of carbonyl (C=O) groups is 2. The van der Waals surface area contributed by atoms with Crippen LogP contribution in [-0.4, -0.2) is 16.9 Å². The number of hydrogen-bond acceptors (Lipinski definition) is 5. The number of fused-ring (bicyclic) bond motifs is 1. The summed E-state index contributed by atoms with van der Waals surface area (Å²) < 4.78 is 0. The molecule has 0 saturated heterocycles. The van der Waals surface area contributed by atoms with Gasteiger partial charge < -0.3 is 19.8 Å². The van der Waals surface area contributed by atoms with Gasteiger partial charge in [0.05, 0.1) is 23.1 Å². The molecular weight excluding hydrogens is 310 g/mol. The fraction of sp³-hybridized carbons (Fsp3) is 0.0714. The first kappa shape index (κ1) is 17.8. The SMILES string of the molecule is C=C(C)C(=O)[O-].O=C([O-])c1ccc2ccccc2n1.[Cu+2]. The summed E-state index contributed by atoms with van der Waals surface area (Å²) in [6.45, 7) is 4.48. The summed E-state index contributed by atoms with van der Waals surface area (Å²) in [4.78, 5) is 23.9. The van der Waals surface area contributed by atoms with Crippen LogP contribution in [0.2, 0.25) is 0 Å². The summed E-state index contributed by atoms with van der Waals surface area (Å²) in [6, 6.07) is 10.5. The van der Waals surface area contributed by atoms with Crippen molar-refractivity contribution in [2.75, 3.05) is 0 Å². The predicted octanol–water partition coefficient (Wildman–Crippen LogP) is -0.0918. The molecule has 20 heavy (non-hydrogen) atoms. The molecule has 1 aromatic carbocycles. The van der Waals surface area contributed by atoms with Crippen molar-refractivity contribution in [3.05, 3.63) is 54.2 Å². The number of nitrogens with zero attached hydrogens (tertiary/aromatic N) is 1. The van der Waals surface area contributed by atoms with Crippen LogP contribution >= 0.6 is 0 Å². The van der Waals surface area contributed by atoms with Crippen molar-refractivity contribution >= 4 is 22.8 Å². The number of hydrogen-bond donors (Lipinski definition) is 0. The largest absolute Gasteiger partial charge is 2.00 e. The Morgan fingerprint density at radius 3 is 2.15 bits per heavy atom. The number of aromatic carboxylic acids is 1. The van der Waals surface area contributed by atoms with Crippen molar-refractivity contribution in [1.82, 2.24) is 4.98 Å². The van der Waals surface area contributed by atoms with E-state index >= 15 is 0 Å². The molecule has 107 valence electrons. The van der Waals surface area contributed by atoms with Crippen molar-refractivity contribution in [3.8, 4) is 0 Å². The normalized spacial score (nSPS) is 8.85. The Morgan fingerprint density at radius 2 is 1.65 bits per heavy atom. The van der Waals surface area contributed by atoms with E-state index in [9.17, 15) is 19.8 Å². The molecule has 2 aromatic rings. The zero-order valence-electron chi connectivity index (χ0n) is 10.6. The minimum absolute atomic E-state index is 0. The molecule has 0 unspecified atom stereocenters. The number of para-hydroxylation sites is 1. The molecule has 0 aliphatic rings. The van der Waals surface area contributed by atoms with Gasteiger partial charge in [0.2, 0.25) is 0 Å². The fourth-order valence-corrected chi connectivity index (χ4v) is 1.18. The summed E-state index contributed by atoms with van der Waals surface area (Å²) in [7, 11) is 0. The predicted molar refractivity (Wildman–Crippen MR) is 65.9 cm³/mol. The van der Waals surface area contributed by atoms with Crippen LogP contribution < -0.4 is 10.2 Å². The van der Waals surface area contributed by atoms with E-state index in [1.54, 1.807) is 12.1 Å². The van der Waals surface area contributed by atoms with Crippen LogP contribution in [-0.2, 0) is 21.9 Å². The Labute approximate surface area is 126 Å². The van der Waals surface area contributed by atoms with Gasteiger partial charge in [-0.3, -0.25) is 0 Å². The number of carboxylic acids is 2. The number of rotatable bonds is 2. The van der Waals surface area contributed by atoms with Gasteiger partial charge in [0.25, 0.3) is 0 Å². The molecular formula is C14H11CuNO4. The summed E-state index contributed by atoms with van der Waals surface area (Å²) in [6.07, 6.45) is 0. The molecule has 1 aromatic heterocycles. The van der Waals surface area contributed by atoms with Crippen LogP contribution in [0.25, 0.3) is 10.9 Å². The zero-order chi connectivity index (χ0) is 14.4. The molecule has 1 heterocycles. The van der Waals surface area contributed by atoms with Gasteiger partial charge in [-0.05, 0) is 24.6 Å². The van der Waals surface area contributed by atoms with Crippen molar-refractivity contribution in [2.24, 2.45) is 0 Å². The van der Waals surface area contributed by atoms with Crippen LogP contribution in [0.3, 0.4) is 0 Å². The van der Waals surface area contributed by atoms with Gasteiger partial charge in [-0.2, -0.15) is 0 Å². The standard InChI is InChI=1S/C10H7NO2.C4H6O2.Cu/c12-10(13)9-6-5-7-3-1-2-4-8(7)11-9;1-3(2)4(5)6;/h1-6H,(H,12,13);1H2,2H3,(H,5,6);/q;;+2/p-2. The van der Waals surface area contributed by atoms with Gasteiger partial charge in [-0.1, -0.05) is 30.8 Å². The van der Waals surface area contributed by atoms with E-state index in [0.29, 0.717) is 5.52 Å². The van der Waals surface area contributed by atoms with Gasteiger partial charge in [0.1, 0.15) is 0 Å². The molecule has 2 rings (SSSR count). The van der Waals surface area contributed by atoms with Crippen LogP contribution in [0, 0.1) is 0 Å².